The van der Waals surface area contributed by atoms with Crippen LogP contribution in [0.1, 0.15) is 117 Å². The van der Waals surface area contributed by atoms with Crippen LogP contribution in [-0.4, -0.2) is 45.6 Å². The molecule has 51 heavy (non-hydrogen) atoms. The Labute approximate surface area is 297 Å². The highest BCUT2D eigenvalue weighted by Crippen LogP contribution is 2.41. The van der Waals surface area contributed by atoms with Gasteiger partial charge in [-0.15, -0.1) is 0 Å². The Morgan fingerprint density at radius 2 is 1.63 bits per heavy atom. The van der Waals surface area contributed by atoms with E-state index in [2.05, 4.69) is 10.2 Å². The molecule has 1 amide bonds. The minimum atomic E-state index is -4.75. The molecule has 3 aromatic rings. The predicted molar refractivity (Wildman–Crippen MR) is 189 cm³/mol. The van der Waals surface area contributed by atoms with Gasteiger partial charge in [0, 0.05) is 18.3 Å². The number of nitrogens with zero attached hydrogens (tertiary/aromatic N) is 2. The van der Waals surface area contributed by atoms with Crippen LogP contribution in [0.3, 0.4) is 0 Å². The van der Waals surface area contributed by atoms with Gasteiger partial charge in [-0.3, -0.25) is 14.4 Å². The second kappa shape index (κ2) is 15.3. The van der Waals surface area contributed by atoms with Crippen molar-refractivity contribution >= 4 is 11.9 Å². The van der Waals surface area contributed by atoms with E-state index in [1.165, 1.54) is 18.3 Å². The molecule has 276 valence electrons. The van der Waals surface area contributed by atoms with Crippen molar-refractivity contribution < 1.29 is 32.3 Å². The Hall–Kier alpha value is -3.99. The molecule has 5 rings (SSSR count). The Kier molecular flexibility index (Phi) is 11.5. The van der Waals surface area contributed by atoms with E-state index < -0.39 is 53.6 Å². The number of piperidine rings is 1. The SMILES string of the molecule is Cc1cc(F)cc(C)c1-c1cc([C@@H](CC(=O)O)NC(=O)[C@H](CC(C)C)n2cc(C3CCN(C(C)C)CC3)c(C(F)(F)F)cc2=O)cc2c1CCC2. The first-order valence-corrected chi connectivity index (χ1v) is 18.0. The van der Waals surface area contributed by atoms with Crippen molar-refractivity contribution in [3.05, 3.63) is 91.6 Å². The molecule has 1 aromatic heterocycles. The standard InChI is InChI=1S/C40H49F4N3O4/c1-22(2)14-35(47-21-32(33(19-36(47)48)40(42,43)44)26-10-12-46(13-11-26)23(3)4)39(51)45-34(20-37(49)50)28-17-27-8-7-9-30(27)31(18-28)38-24(5)15-29(41)16-25(38)6/h15-19,21-23,26,34-35H,7-14,20H2,1-6H3,(H,45,51)(H,49,50)/t34-,35+/m1/s1. The summed E-state index contributed by atoms with van der Waals surface area (Å²) in [6.07, 6.45) is -0.406. The summed E-state index contributed by atoms with van der Waals surface area (Å²) in [5.41, 5.74) is 3.98. The number of likely N-dealkylation sites (tertiary alicyclic amines) is 1. The summed E-state index contributed by atoms with van der Waals surface area (Å²) in [6, 6.07) is 5.40. The first-order chi connectivity index (χ1) is 23.9. The van der Waals surface area contributed by atoms with E-state index in [-0.39, 0.29) is 29.8 Å². The first kappa shape index (κ1) is 38.2. The summed E-state index contributed by atoms with van der Waals surface area (Å²) < 4.78 is 58.5. The van der Waals surface area contributed by atoms with Crippen molar-refractivity contribution in [3.63, 3.8) is 0 Å². The van der Waals surface area contributed by atoms with Crippen molar-refractivity contribution in [3.8, 4) is 11.1 Å². The maximum absolute atomic E-state index is 14.4. The zero-order chi connectivity index (χ0) is 37.4. The average molecular weight is 712 g/mol. The summed E-state index contributed by atoms with van der Waals surface area (Å²) in [5, 5.41) is 12.9. The van der Waals surface area contributed by atoms with Gasteiger partial charge in [0.25, 0.3) is 5.56 Å². The fourth-order valence-corrected chi connectivity index (χ4v) is 8.08. The number of aromatic nitrogens is 1. The van der Waals surface area contributed by atoms with Crippen LogP contribution in [0.2, 0.25) is 0 Å². The average Bonchev–Trinajstić information content (AvgIpc) is 3.51. The molecule has 2 N–H and O–H groups in total. The molecular weight excluding hydrogens is 662 g/mol. The van der Waals surface area contributed by atoms with Gasteiger partial charge in [-0.25, -0.2) is 4.39 Å². The zero-order valence-corrected chi connectivity index (χ0v) is 30.3. The molecule has 0 bridgehead atoms. The first-order valence-electron chi connectivity index (χ1n) is 18.0. The maximum atomic E-state index is 14.4. The molecule has 1 aliphatic heterocycles. The zero-order valence-electron chi connectivity index (χ0n) is 30.3. The maximum Gasteiger partial charge on any atom is 0.416 e. The molecule has 0 saturated carbocycles. The van der Waals surface area contributed by atoms with Crippen LogP contribution in [0.4, 0.5) is 17.6 Å². The van der Waals surface area contributed by atoms with Gasteiger partial charge >= 0.3 is 12.1 Å². The van der Waals surface area contributed by atoms with E-state index in [1.807, 2.05) is 53.7 Å². The second-order valence-electron chi connectivity index (χ2n) is 15.1. The lowest BCUT2D eigenvalue weighted by atomic mass is 9.86. The van der Waals surface area contributed by atoms with E-state index in [0.29, 0.717) is 37.6 Å². The normalized spacial score (nSPS) is 16.8. The summed E-state index contributed by atoms with van der Waals surface area (Å²) in [6.45, 7) is 12.7. The van der Waals surface area contributed by atoms with Crippen molar-refractivity contribution in [2.45, 2.75) is 117 Å². The van der Waals surface area contributed by atoms with Crippen LogP contribution in [0.25, 0.3) is 11.1 Å². The van der Waals surface area contributed by atoms with Gasteiger partial charge < -0.3 is 19.9 Å². The minimum Gasteiger partial charge on any atom is -0.481 e. The van der Waals surface area contributed by atoms with E-state index in [9.17, 15) is 37.1 Å². The molecule has 7 nitrogen and oxygen atoms in total. The number of hydrogen-bond acceptors (Lipinski definition) is 4. The monoisotopic (exact) mass is 711 g/mol. The highest BCUT2D eigenvalue weighted by Gasteiger charge is 2.39. The van der Waals surface area contributed by atoms with Crippen molar-refractivity contribution in [2.75, 3.05) is 13.1 Å². The molecule has 0 spiro atoms. The summed E-state index contributed by atoms with van der Waals surface area (Å²) >= 11 is 0. The number of alkyl halides is 3. The number of carbonyl (C=O) groups is 2. The van der Waals surface area contributed by atoms with Crippen LogP contribution >= 0.6 is 0 Å². The number of carboxylic acids is 1. The van der Waals surface area contributed by atoms with Crippen LogP contribution < -0.4 is 10.9 Å². The van der Waals surface area contributed by atoms with Crippen molar-refractivity contribution in [2.24, 2.45) is 5.92 Å². The number of benzene rings is 2. The number of aliphatic carboxylic acids is 1. The van der Waals surface area contributed by atoms with Gasteiger partial charge in [0.2, 0.25) is 5.91 Å². The van der Waals surface area contributed by atoms with E-state index in [0.717, 1.165) is 57.2 Å². The highest BCUT2D eigenvalue weighted by atomic mass is 19.4. The largest absolute Gasteiger partial charge is 0.481 e. The van der Waals surface area contributed by atoms with Crippen LogP contribution in [-0.2, 0) is 28.6 Å². The second-order valence-corrected chi connectivity index (χ2v) is 15.1. The molecular formula is C40H49F4N3O4. The summed E-state index contributed by atoms with van der Waals surface area (Å²) in [7, 11) is 0. The number of hydrogen-bond donors (Lipinski definition) is 2. The molecule has 1 saturated heterocycles. The van der Waals surface area contributed by atoms with Gasteiger partial charge in [-0.05, 0) is 154 Å². The summed E-state index contributed by atoms with van der Waals surface area (Å²) in [5.74, 6) is -2.72. The third-order valence-electron chi connectivity index (χ3n) is 10.6. The van der Waals surface area contributed by atoms with Crippen molar-refractivity contribution in [1.29, 1.82) is 0 Å². The molecule has 0 radical (unpaired) electrons. The quantitative estimate of drug-likeness (QED) is 0.196. The Balaban J connectivity index is 1.56. The lowest BCUT2D eigenvalue weighted by Gasteiger charge is -2.36. The van der Waals surface area contributed by atoms with E-state index in [1.54, 1.807) is 0 Å². The molecule has 11 heteroatoms. The number of amides is 1. The van der Waals surface area contributed by atoms with Crippen molar-refractivity contribution in [1.82, 2.24) is 14.8 Å². The third-order valence-corrected chi connectivity index (χ3v) is 10.6. The number of rotatable bonds is 11. The van der Waals surface area contributed by atoms with Crippen LogP contribution in [0.15, 0.2) is 41.3 Å². The number of carbonyl (C=O) groups excluding carboxylic acids is 1. The fraction of sp³-hybridized carbons (Fsp3) is 0.525. The molecule has 2 aliphatic rings. The van der Waals surface area contributed by atoms with Gasteiger partial charge in [0.05, 0.1) is 18.0 Å². The van der Waals surface area contributed by atoms with Gasteiger partial charge in [-0.1, -0.05) is 19.9 Å². The molecule has 0 unspecified atom stereocenters. The van der Waals surface area contributed by atoms with Gasteiger partial charge in [0.1, 0.15) is 11.9 Å². The smallest absolute Gasteiger partial charge is 0.416 e. The van der Waals surface area contributed by atoms with Crippen LogP contribution in [0, 0.1) is 25.6 Å². The number of halogens is 4. The predicted octanol–water partition coefficient (Wildman–Crippen LogP) is 8.29. The lowest BCUT2D eigenvalue weighted by Crippen LogP contribution is -2.41. The highest BCUT2D eigenvalue weighted by molar-refractivity contribution is 5.82. The summed E-state index contributed by atoms with van der Waals surface area (Å²) in [4.78, 5) is 42.2. The lowest BCUT2D eigenvalue weighted by molar-refractivity contribution is -0.139. The Morgan fingerprint density at radius 1 is 0.980 bits per heavy atom. The van der Waals surface area contributed by atoms with Gasteiger partial charge in [0.15, 0.2) is 0 Å². The topological polar surface area (TPSA) is 91.6 Å². The third kappa shape index (κ3) is 8.56. The number of nitrogens with one attached hydrogen (secondary N) is 1. The van der Waals surface area contributed by atoms with E-state index in [4.69, 9.17) is 0 Å². The minimum absolute atomic E-state index is 0.00227. The Morgan fingerprint density at radius 3 is 2.20 bits per heavy atom. The van der Waals surface area contributed by atoms with E-state index >= 15 is 0 Å². The molecule has 1 fully saturated rings. The molecule has 1 aliphatic carbocycles. The molecule has 2 atom stereocenters. The van der Waals surface area contributed by atoms with Crippen LogP contribution in [0.5, 0.6) is 0 Å². The number of pyridine rings is 1. The Bertz CT molecular complexity index is 1820. The number of carboxylic acid groups (broad SMARTS) is 1. The molecule has 2 aromatic carbocycles. The molecule has 2 heterocycles. The fourth-order valence-electron chi connectivity index (χ4n) is 8.08. The number of aryl methyl sites for hydroxylation is 3. The number of fused-ring (bicyclic) bond motifs is 1. The van der Waals surface area contributed by atoms with Gasteiger partial charge in [-0.2, -0.15) is 13.2 Å².